The highest BCUT2D eigenvalue weighted by molar-refractivity contribution is 5.80. The highest BCUT2D eigenvalue weighted by Gasteiger charge is 2.25. The summed E-state index contributed by atoms with van der Waals surface area (Å²) in [5.41, 5.74) is 1.88. The van der Waals surface area contributed by atoms with Crippen molar-refractivity contribution in [3.8, 4) is 18.1 Å². The smallest absolute Gasteiger partial charge is 0.408 e. The van der Waals surface area contributed by atoms with Crippen LogP contribution in [0.3, 0.4) is 0 Å². The predicted molar refractivity (Wildman–Crippen MR) is 94.7 cm³/mol. The van der Waals surface area contributed by atoms with Crippen LogP contribution in [-0.2, 0) is 16.0 Å². The number of carboxylic acid groups (broad SMARTS) is 1. The van der Waals surface area contributed by atoms with E-state index in [0.29, 0.717) is 5.75 Å². The molecule has 0 aliphatic rings. The summed E-state index contributed by atoms with van der Waals surface area (Å²) < 4.78 is 10.6. The fraction of sp³-hybridized carbons (Fsp3) is 0.474. The van der Waals surface area contributed by atoms with E-state index >= 15 is 0 Å². The maximum atomic E-state index is 11.9. The SMILES string of the molecule is C#CCOc1ccc(C[C@H](NC(=O)OC(C)(C)C)C(=O)O)c(C)c1C. The molecule has 0 unspecified atom stereocenters. The van der Waals surface area contributed by atoms with Crippen molar-refractivity contribution >= 4 is 12.1 Å². The summed E-state index contributed by atoms with van der Waals surface area (Å²) in [5.74, 6) is 1.93. The topological polar surface area (TPSA) is 84.9 Å². The summed E-state index contributed by atoms with van der Waals surface area (Å²) in [7, 11) is 0. The van der Waals surface area contributed by atoms with Crippen LogP contribution in [0.1, 0.15) is 37.5 Å². The number of benzene rings is 1. The van der Waals surface area contributed by atoms with Crippen molar-refractivity contribution in [2.24, 2.45) is 0 Å². The molecular formula is C19H25NO5. The van der Waals surface area contributed by atoms with E-state index in [1.54, 1.807) is 32.9 Å². The Labute approximate surface area is 148 Å². The molecule has 0 spiro atoms. The van der Waals surface area contributed by atoms with Crippen molar-refractivity contribution in [1.29, 1.82) is 0 Å². The Kier molecular flexibility index (Phi) is 6.86. The molecule has 0 saturated heterocycles. The van der Waals surface area contributed by atoms with E-state index in [1.807, 2.05) is 13.8 Å². The van der Waals surface area contributed by atoms with Crippen LogP contribution in [0.5, 0.6) is 5.75 Å². The minimum atomic E-state index is -1.13. The van der Waals surface area contributed by atoms with Crippen molar-refractivity contribution in [2.75, 3.05) is 6.61 Å². The first-order valence-electron chi connectivity index (χ1n) is 7.92. The molecule has 136 valence electrons. The number of carbonyl (C=O) groups is 2. The number of hydrogen-bond donors (Lipinski definition) is 2. The van der Waals surface area contributed by atoms with Gasteiger partial charge in [0.05, 0.1) is 0 Å². The molecule has 0 aromatic heterocycles. The van der Waals surface area contributed by atoms with Gasteiger partial charge in [0.2, 0.25) is 0 Å². The first-order valence-corrected chi connectivity index (χ1v) is 7.92. The average molecular weight is 347 g/mol. The maximum absolute atomic E-state index is 11.9. The third-order valence-corrected chi connectivity index (χ3v) is 3.57. The number of hydrogen-bond acceptors (Lipinski definition) is 4. The Morgan fingerprint density at radius 1 is 1.28 bits per heavy atom. The zero-order valence-electron chi connectivity index (χ0n) is 15.3. The van der Waals surface area contributed by atoms with Crippen LogP contribution in [0.15, 0.2) is 12.1 Å². The molecule has 0 radical (unpaired) electrons. The first-order chi connectivity index (χ1) is 11.5. The third kappa shape index (κ3) is 6.38. The first kappa shape index (κ1) is 20.4. The minimum Gasteiger partial charge on any atom is -0.481 e. The Morgan fingerprint density at radius 2 is 1.92 bits per heavy atom. The van der Waals surface area contributed by atoms with Crippen LogP contribution >= 0.6 is 0 Å². The Balaban J connectivity index is 2.92. The molecule has 2 N–H and O–H groups in total. The van der Waals surface area contributed by atoms with Crippen molar-refractivity contribution in [2.45, 2.75) is 52.7 Å². The van der Waals surface area contributed by atoms with Gasteiger partial charge < -0.3 is 19.9 Å². The molecule has 0 saturated carbocycles. The lowest BCUT2D eigenvalue weighted by Crippen LogP contribution is -2.44. The van der Waals surface area contributed by atoms with E-state index in [0.717, 1.165) is 16.7 Å². The third-order valence-electron chi connectivity index (χ3n) is 3.57. The molecular weight excluding hydrogens is 322 g/mol. The lowest BCUT2D eigenvalue weighted by molar-refractivity contribution is -0.139. The van der Waals surface area contributed by atoms with Crippen LogP contribution in [0, 0.1) is 26.2 Å². The van der Waals surface area contributed by atoms with Gasteiger partial charge in [0.1, 0.15) is 24.0 Å². The zero-order chi connectivity index (χ0) is 19.2. The molecule has 1 rings (SSSR count). The van der Waals surface area contributed by atoms with Crippen molar-refractivity contribution < 1.29 is 24.2 Å². The van der Waals surface area contributed by atoms with Gasteiger partial charge in [-0.15, -0.1) is 6.42 Å². The van der Waals surface area contributed by atoms with Gasteiger partial charge in [0.25, 0.3) is 0 Å². The number of alkyl carbamates (subject to hydrolysis) is 1. The van der Waals surface area contributed by atoms with E-state index in [9.17, 15) is 14.7 Å². The zero-order valence-corrected chi connectivity index (χ0v) is 15.3. The van der Waals surface area contributed by atoms with Gasteiger partial charge in [-0.1, -0.05) is 12.0 Å². The van der Waals surface area contributed by atoms with E-state index in [-0.39, 0.29) is 13.0 Å². The summed E-state index contributed by atoms with van der Waals surface area (Å²) in [6.07, 6.45) is 4.57. The predicted octanol–water partition coefficient (Wildman–Crippen LogP) is 2.84. The number of rotatable bonds is 6. The summed E-state index contributed by atoms with van der Waals surface area (Å²) in [6, 6.07) is 2.44. The number of ether oxygens (including phenoxy) is 2. The van der Waals surface area contributed by atoms with Gasteiger partial charge in [-0.05, 0) is 57.4 Å². The van der Waals surface area contributed by atoms with Crippen LogP contribution < -0.4 is 10.1 Å². The Hall–Kier alpha value is -2.68. The summed E-state index contributed by atoms with van der Waals surface area (Å²) >= 11 is 0. The Bertz CT molecular complexity index is 682. The van der Waals surface area contributed by atoms with Crippen LogP contribution in [-0.4, -0.2) is 35.4 Å². The lowest BCUT2D eigenvalue weighted by Gasteiger charge is -2.22. The number of aliphatic carboxylic acids is 1. The molecule has 0 aliphatic heterocycles. The monoisotopic (exact) mass is 347 g/mol. The molecule has 0 heterocycles. The second-order valence-corrected chi connectivity index (χ2v) is 6.71. The fourth-order valence-corrected chi connectivity index (χ4v) is 2.22. The van der Waals surface area contributed by atoms with Gasteiger partial charge in [0.15, 0.2) is 0 Å². The van der Waals surface area contributed by atoms with Crippen LogP contribution in [0.2, 0.25) is 0 Å². The average Bonchev–Trinajstić information content (AvgIpc) is 2.48. The van der Waals surface area contributed by atoms with Gasteiger partial charge in [0, 0.05) is 6.42 Å². The molecule has 1 atom stereocenters. The van der Waals surface area contributed by atoms with Gasteiger partial charge in [-0.2, -0.15) is 0 Å². The molecule has 1 aromatic carbocycles. The van der Waals surface area contributed by atoms with E-state index < -0.39 is 23.7 Å². The van der Waals surface area contributed by atoms with Gasteiger partial charge in [-0.3, -0.25) is 0 Å². The van der Waals surface area contributed by atoms with Crippen LogP contribution in [0.4, 0.5) is 4.79 Å². The number of terminal acetylenes is 1. The molecule has 25 heavy (non-hydrogen) atoms. The molecule has 0 bridgehead atoms. The normalized spacial score (nSPS) is 12.0. The molecule has 6 heteroatoms. The van der Waals surface area contributed by atoms with E-state index in [2.05, 4.69) is 11.2 Å². The molecule has 0 aliphatic carbocycles. The van der Waals surface area contributed by atoms with Crippen molar-refractivity contribution in [1.82, 2.24) is 5.32 Å². The van der Waals surface area contributed by atoms with Crippen molar-refractivity contribution in [3.63, 3.8) is 0 Å². The van der Waals surface area contributed by atoms with Crippen molar-refractivity contribution in [3.05, 3.63) is 28.8 Å². The lowest BCUT2D eigenvalue weighted by atomic mass is 9.97. The highest BCUT2D eigenvalue weighted by atomic mass is 16.6. The van der Waals surface area contributed by atoms with E-state index in [1.165, 1.54) is 0 Å². The Morgan fingerprint density at radius 3 is 2.44 bits per heavy atom. The molecule has 0 fully saturated rings. The van der Waals surface area contributed by atoms with E-state index in [4.69, 9.17) is 15.9 Å². The standard InChI is InChI=1S/C19H25NO5/c1-7-10-24-16-9-8-14(12(2)13(16)3)11-15(17(21)22)20-18(23)25-19(4,5)6/h1,8-9,15H,10-11H2,2-6H3,(H,20,23)(H,21,22)/t15-/m0/s1. The number of amides is 1. The number of carbonyl (C=O) groups excluding carboxylic acids is 1. The maximum Gasteiger partial charge on any atom is 0.408 e. The quantitative estimate of drug-likeness (QED) is 0.773. The summed E-state index contributed by atoms with van der Waals surface area (Å²) in [4.78, 5) is 23.3. The molecule has 1 aromatic rings. The van der Waals surface area contributed by atoms with Gasteiger partial charge in [-0.25, -0.2) is 9.59 Å². The summed E-state index contributed by atoms with van der Waals surface area (Å²) in [5, 5.41) is 11.8. The molecule has 1 amide bonds. The number of carboxylic acids is 1. The minimum absolute atomic E-state index is 0.136. The van der Waals surface area contributed by atoms with Gasteiger partial charge >= 0.3 is 12.1 Å². The largest absolute Gasteiger partial charge is 0.481 e. The summed E-state index contributed by atoms with van der Waals surface area (Å²) in [6.45, 7) is 9.06. The number of nitrogens with one attached hydrogen (secondary N) is 1. The molecule has 6 nitrogen and oxygen atoms in total. The highest BCUT2D eigenvalue weighted by Crippen LogP contribution is 2.25. The van der Waals surface area contributed by atoms with Crippen LogP contribution in [0.25, 0.3) is 0 Å². The second kappa shape index (κ2) is 8.43. The second-order valence-electron chi connectivity index (χ2n) is 6.71. The fourth-order valence-electron chi connectivity index (χ4n) is 2.22.